The predicted molar refractivity (Wildman–Crippen MR) is 69.1 cm³/mol. The minimum Gasteiger partial charge on any atom is -0.336 e. The summed E-state index contributed by atoms with van der Waals surface area (Å²) in [5, 5.41) is 4.84. The van der Waals surface area contributed by atoms with Gasteiger partial charge in [0.05, 0.1) is 0 Å². The molecule has 16 heavy (non-hydrogen) atoms. The number of hydrogen-bond acceptors (Lipinski definition) is 3. The van der Waals surface area contributed by atoms with Gasteiger partial charge in [0.25, 0.3) is 0 Å². The summed E-state index contributed by atoms with van der Waals surface area (Å²) < 4.78 is 0.0430. The van der Waals surface area contributed by atoms with E-state index in [2.05, 4.69) is 24.5 Å². The van der Waals surface area contributed by atoms with Crippen molar-refractivity contribution in [1.82, 2.24) is 10.6 Å². The highest BCUT2D eigenvalue weighted by Crippen LogP contribution is 2.29. The summed E-state index contributed by atoms with van der Waals surface area (Å²) in [5.41, 5.74) is 0. The van der Waals surface area contributed by atoms with E-state index in [0.717, 1.165) is 12.8 Å². The maximum absolute atomic E-state index is 11.3. The lowest BCUT2D eigenvalue weighted by molar-refractivity contribution is -0.117. The molecule has 0 aromatic heterocycles. The normalized spacial score (nSPS) is 11.0. The highest BCUT2D eigenvalue weighted by molar-refractivity contribution is 8.00. The number of halogens is 1. The molecule has 0 saturated carbocycles. The number of amides is 3. The summed E-state index contributed by atoms with van der Waals surface area (Å²) in [6, 6.07) is -0.481. The minimum absolute atomic E-state index is 0.0430. The fourth-order valence-corrected chi connectivity index (χ4v) is 2.17. The largest absolute Gasteiger partial charge is 0.336 e. The lowest BCUT2D eigenvalue weighted by Crippen LogP contribution is -2.46. The van der Waals surface area contributed by atoms with E-state index in [1.54, 1.807) is 11.8 Å². The zero-order valence-electron chi connectivity index (χ0n) is 9.93. The van der Waals surface area contributed by atoms with Gasteiger partial charge in [-0.1, -0.05) is 13.8 Å². The smallest absolute Gasteiger partial charge is 0.321 e. The van der Waals surface area contributed by atoms with Crippen molar-refractivity contribution in [3.05, 3.63) is 0 Å². The Hall–Kier alpha value is -0.420. The minimum atomic E-state index is -0.484. The molecule has 94 valence electrons. The Morgan fingerprint density at radius 3 is 2.25 bits per heavy atom. The van der Waals surface area contributed by atoms with E-state index in [9.17, 15) is 9.59 Å². The average Bonchev–Trinajstić information content (AvgIpc) is 2.31. The van der Waals surface area contributed by atoms with E-state index in [1.165, 1.54) is 0 Å². The summed E-state index contributed by atoms with van der Waals surface area (Å²) in [4.78, 5) is 22.1. The maximum Gasteiger partial charge on any atom is 0.321 e. The van der Waals surface area contributed by atoms with Gasteiger partial charge in [-0.2, -0.15) is 11.8 Å². The number of thioether (sulfide) groups is 1. The Labute approximate surface area is 106 Å². The van der Waals surface area contributed by atoms with Crippen LogP contribution in [0.2, 0.25) is 0 Å². The van der Waals surface area contributed by atoms with Crippen LogP contribution in [-0.4, -0.2) is 35.4 Å². The summed E-state index contributed by atoms with van der Waals surface area (Å²) in [6.45, 7) is 4.72. The van der Waals surface area contributed by atoms with E-state index in [1.807, 2.05) is 6.26 Å². The zero-order valence-corrected chi connectivity index (χ0v) is 11.5. The Balaban J connectivity index is 4.11. The van der Waals surface area contributed by atoms with Crippen LogP contribution in [0.25, 0.3) is 0 Å². The van der Waals surface area contributed by atoms with E-state index in [4.69, 9.17) is 11.6 Å². The van der Waals surface area contributed by atoms with Gasteiger partial charge in [-0.3, -0.25) is 10.1 Å². The van der Waals surface area contributed by atoms with Crippen molar-refractivity contribution >= 4 is 35.3 Å². The van der Waals surface area contributed by atoms with Crippen LogP contribution < -0.4 is 10.6 Å². The van der Waals surface area contributed by atoms with Crippen LogP contribution in [-0.2, 0) is 4.79 Å². The highest BCUT2D eigenvalue weighted by atomic mass is 35.5. The fraction of sp³-hybridized carbons (Fsp3) is 0.800. The molecule has 3 amide bonds. The Bertz CT molecular complexity index is 237. The average molecular weight is 267 g/mol. The third-order valence-corrected chi connectivity index (χ3v) is 4.50. The third kappa shape index (κ3) is 5.07. The van der Waals surface area contributed by atoms with Crippen LogP contribution >= 0.6 is 23.4 Å². The molecular weight excluding hydrogens is 248 g/mol. The quantitative estimate of drug-likeness (QED) is 0.723. The number of carbonyl (C=O) groups excluding carboxylic acids is 2. The van der Waals surface area contributed by atoms with Crippen LogP contribution in [0.1, 0.15) is 26.7 Å². The molecule has 0 aromatic carbocycles. The molecule has 0 aliphatic heterocycles. The van der Waals surface area contributed by atoms with Crippen molar-refractivity contribution < 1.29 is 9.59 Å². The van der Waals surface area contributed by atoms with E-state index >= 15 is 0 Å². The number of rotatable bonds is 6. The molecule has 0 aromatic rings. The summed E-state index contributed by atoms with van der Waals surface area (Å²) in [6.07, 6.45) is 3.96. The number of carbonyl (C=O) groups is 2. The van der Waals surface area contributed by atoms with Gasteiger partial charge in [0.1, 0.15) is 5.88 Å². The Kier molecular flexibility index (Phi) is 7.58. The molecule has 0 aliphatic carbocycles. The predicted octanol–water partition coefficient (Wildman–Crippen LogP) is 1.97. The van der Waals surface area contributed by atoms with Gasteiger partial charge in [0.15, 0.2) is 0 Å². The molecule has 0 bridgehead atoms. The number of hydrogen-bond donors (Lipinski definition) is 2. The maximum atomic E-state index is 11.3. The molecule has 6 heteroatoms. The van der Waals surface area contributed by atoms with Crippen molar-refractivity contribution in [1.29, 1.82) is 0 Å². The lowest BCUT2D eigenvalue weighted by Gasteiger charge is -2.29. The molecule has 0 aliphatic rings. The first-order chi connectivity index (χ1) is 7.53. The first-order valence-electron chi connectivity index (χ1n) is 5.22. The number of imide groups is 1. The second-order valence-corrected chi connectivity index (χ2v) is 5.00. The van der Waals surface area contributed by atoms with Gasteiger partial charge < -0.3 is 5.32 Å². The highest BCUT2D eigenvalue weighted by Gasteiger charge is 2.25. The molecular formula is C10H19ClN2O2S. The summed E-state index contributed by atoms with van der Waals surface area (Å²) >= 11 is 7.00. The Morgan fingerprint density at radius 2 is 1.88 bits per heavy atom. The molecule has 0 rings (SSSR count). The van der Waals surface area contributed by atoms with E-state index < -0.39 is 11.9 Å². The second kappa shape index (κ2) is 7.79. The number of alkyl halides is 1. The van der Waals surface area contributed by atoms with Crippen molar-refractivity contribution in [2.75, 3.05) is 18.7 Å². The van der Waals surface area contributed by atoms with Crippen molar-refractivity contribution in [2.45, 2.75) is 31.4 Å². The third-order valence-electron chi connectivity index (χ3n) is 2.67. The van der Waals surface area contributed by atoms with Crippen molar-refractivity contribution in [3.63, 3.8) is 0 Å². The fourth-order valence-electron chi connectivity index (χ4n) is 1.31. The first-order valence-corrected chi connectivity index (χ1v) is 6.98. The van der Waals surface area contributed by atoms with Crippen molar-refractivity contribution in [3.8, 4) is 0 Å². The van der Waals surface area contributed by atoms with Crippen LogP contribution in [0.4, 0.5) is 4.79 Å². The number of urea groups is 1. The molecule has 0 fully saturated rings. The monoisotopic (exact) mass is 266 g/mol. The van der Waals surface area contributed by atoms with Gasteiger partial charge in [-0.15, -0.1) is 11.6 Å². The molecule has 4 nitrogen and oxygen atoms in total. The summed E-state index contributed by atoms with van der Waals surface area (Å²) in [7, 11) is 0. The molecule has 0 saturated heterocycles. The topological polar surface area (TPSA) is 58.2 Å². The van der Waals surface area contributed by atoms with Gasteiger partial charge in [-0.25, -0.2) is 4.79 Å². The van der Waals surface area contributed by atoms with Crippen LogP contribution in [0.15, 0.2) is 0 Å². The van der Waals surface area contributed by atoms with E-state index in [-0.39, 0.29) is 10.6 Å². The standard InChI is InChI=1S/C10H19ClN2O2S/c1-4-10(5-2,16-3)7-12-9(15)13-8(14)6-11/h4-7H2,1-3H3,(H2,12,13,14,15). The summed E-state index contributed by atoms with van der Waals surface area (Å²) in [5.74, 6) is -0.690. The van der Waals surface area contributed by atoms with Crippen molar-refractivity contribution in [2.24, 2.45) is 0 Å². The second-order valence-electron chi connectivity index (χ2n) is 3.46. The lowest BCUT2D eigenvalue weighted by atomic mass is 10.0. The van der Waals surface area contributed by atoms with Gasteiger partial charge >= 0.3 is 6.03 Å². The molecule has 0 heterocycles. The van der Waals surface area contributed by atoms with Gasteiger partial charge in [-0.05, 0) is 19.1 Å². The molecule has 0 radical (unpaired) electrons. The molecule has 2 N–H and O–H groups in total. The van der Waals surface area contributed by atoms with Gasteiger partial charge in [0.2, 0.25) is 5.91 Å². The molecule has 0 atom stereocenters. The SMILES string of the molecule is CCC(CC)(CNC(=O)NC(=O)CCl)SC. The Morgan fingerprint density at radius 1 is 1.31 bits per heavy atom. The zero-order chi connectivity index (χ0) is 12.6. The molecule has 0 spiro atoms. The number of nitrogens with one attached hydrogen (secondary N) is 2. The molecule has 0 unspecified atom stereocenters. The first kappa shape index (κ1) is 15.6. The van der Waals surface area contributed by atoms with E-state index in [0.29, 0.717) is 6.54 Å². The van der Waals surface area contributed by atoms with Crippen LogP contribution in [0, 0.1) is 0 Å². The van der Waals surface area contributed by atoms with Gasteiger partial charge in [0, 0.05) is 11.3 Å². The van der Waals surface area contributed by atoms with Crippen LogP contribution in [0.5, 0.6) is 0 Å². The van der Waals surface area contributed by atoms with Crippen LogP contribution in [0.3, 0.4) is 0 Å².